The van der Waals surface area contributed by atoms with E-state index in [0.29, 0.717) is 24.0 Å². The molecule has 2 aromatic rings. The second kappa shape index (κ2) is 11.9. The lowest BCUT2D eigenvalue weighted by molar-refractivity contribution is 0.354. The number of hydrogen-bond acceptors (Lipinski definition) is 3. The van der Waals surface area contributed by atoms with E-state index in [1.807, 2.05) is 42.5 Å². The number of benzene rings is 2. The largest absolute Gasteiger partial charge is 0.493 e. The second-order valence-corrected chi connectivity index (χ2v) is 5.98. The van der Waals surface area contributed by atoms with Crippen LogP contribution in [0.1, 0.15) is 17.5 Å². The van der Waals surface area contributed by atoms with Gasteiger partial charge in [-0.15, -0.1) is 24.0 Å². The molecule has 0 aromatic heterocycles. The van der Waals surface area contributed by atoms with Gasteiger partial charge in [0.1, 0.15) is 0 Å². The van der Waals surface area contributed by atoms with Crippen molar-refractivity contribution in [3.63, 3.8) is 0 Å². The van der Waals surface area contributed by atoms with Crippen LogP contribution in [0.25, 0.3) is 0 Å². The van der Waals surface area contributed by atoms with Crippen LogP contribution >= 0.6 is 35.6 Å². The van der Waals surface area contributed by atoms with E-state index in [2.05, 4.69) is 10.3 Å². The van der Waals surface area contributed by atoms with Gasteiger partial charge in [-0.2, -0.15) is 0 Å². The number of aliphatic imine (C=N–C) groups is 1. The molecule has 0 aliphatic heterocycles. The molecule has 2 rings (SSSR count). The van der Waals surface area contributed by atoms with Gasteiger partial charge in [-0.3, -0.25) is 0 Å². The average Bonchev–Trinajstić information content (AvgIpc) is 2.64. The quantitative estimate of drug-likeness (QED) is 0.254. The third-order valence-electron chi connectivity index (χ3n) is 3.74. The van der Waals surface area contributed by atoms with Gasteiger partial charge in [0, 0.05) is 11.6 Å². The standard InChI is InChI=1S/C19H24ClN3O2.HI/c1-24-17-10-7-15(12-18(17)25-2)13-23-19(21)22-11-3-4-14-5-8-16(20)9-6-14;/h5-10,12H,3-4,11,13H2,1-2H3,(H3,21,22,23);1H. The van der Waals surface area contributed by atoms with Crippen LogP contribution in [0.15, 0.2) is 47.5 Å². The van der Waals surface area contributed by atoms with Gasteiger partial charge < -0.3 is 20.5 Å². The third-order valence-corrected chi connectivity index (χ3v) is 3.99. The van der Waals surface area contributed by atoms with E-state index < -0.39 is 0 Å². The van der Waals surface area contributed by atoms with Crippen molar-refractivity contribution in [1.82, 2.24) is 5.32 Å². The number of hydrogen-bond donors (Lipinski definition) is 2. The molecular formula is C19H25ClIN3O2. The van der Waals surface area contributed by atoms with Crippen LogP contribution in [-0.2, 0) is 13.0 Å². The molecule has 0 spiro atoms. The van der Waals surface area contributed by atoms with E-state index in [1.54, 1.807) is 14.2 Å². The van der Waals surface area contributed by atoms with Crippen LogP contribution in [0.5, 0.6) is 11.5 Å². The number of halogens is 2. The molecule has 26 heavy (non-hydrogen) atoms. The number of nitrogens with two attached hydrogens (primary N) is 1. The Labute approximate surface area is 177 Å². The van der Waals surface area contributed by atoms with Gasteiger partial charge in [0.25, 0.3) is 0 Å². The minimum atomic E-state index is 0. The van der Waals surface area contributed by atoms with Gasteiger partial charge in [-0.1, -0.05) is 29.8 Å². The number of nitrogens with zero attached hydrogens (tertiary/aromatic N) is 1. The summed E-state index contributed by atoms with van der Waals surface area (Å²) in [6.45, 7) is 1.25. The highest BCUT2D eigenvalue weighted by Crippen LogP contribution is 2.27. The summed E-state index contributed by atoms with van der Waals surface area (Å²) in [6.07, 6.45) is 1.93. The fraction of sp³-hybridized carbons (Fsp3) is 0.316. The molecule has 0 amide bonds. The summed E-state index contributed by atoms with van der Waals surface area (Å²) in [7, 11) is 3.23. The van der Waals surface area contributed by atoms with Crippen molar-refractivity contribution in [3.05, 3.63) is 58.6 Å². The Morgan fingerprint density at radius 2 is 1.69 bits per heavy atom. The predicted octanol–water partition coefficient (Wildman–Crippen LogP) is 4.01. The normalized spacial score (nSPS) is 10.8. The first-order chi connectivity index (χ1) is 12.1. The van der Waals surface area contributed by atoms with Crippen molar-refractivity contribution in [1.29, 1.82) is 0 Å². The van der Waals surface area contributed by atoms with Crippen LogP contribution in [-0.4, -0.2) is 26.7 Å². The first kappa shape index (κ1) is 22.4. The SMILES string of the molecule is COc1ccc(CN=C(N)NCCCc2ccc(Cl)cc2)cc1OC.I. The minimum Gasteiger partial charge on any atom is -0.493 e. The molecule has 3 N–H and O–H groups in total. The fourth-order valence-electron chi connectivity index (χ4n) is 2.37. The van der Waals surface area contributed by atoms with E-state index >= 15 is 0 Å². The van der Waals surface area contributed by atoms with Gasteiger partial charge in [0.15, 0.2) is 17.5 Å². The Morgan fingerprint density at radius 3 is 2.35 bits per heavy atom. The lowest BCUT2D eigenvalue weighted by atomic mass is 10.1. The summed E-state index contributed by atoms with van der Waals surface area (Å²) in [4.78, 5) is 4.35. The molecule has 0 radical (unpaired) electrons. The monoisotopic (exact) mass is 489 g/mol. The summed E-state index contributed by atoms with van der Waals surface area (Å²) >= 11 is 5.88. The maximum absolute atomic E-state index is 5.91. The first-order valence-corrected chi connectivity index (χ1v) is 8.49. The van der Waals surface area contributed by atoms with E-state index in [1.165, 1.54) is 5.56 Å². The Morgan fingerprint density at radius 1 is 1.04 bits per heavy atom. The van der Waals surface area contributed by atoms with Gasteiger partial charge in [0.2, 0.25) is 0 Å². The zero-order chi connectivity index (χ0) is 18.1. The zero-order valence-corrected chi connectivity index (χ0v) is 18.1. The smallest absolute Gasteiger partial charge is 0.188 e. The lowest BCUT2D eigenvalue weighted by Crippen LogP contribution is -2.32. The van der Waals surface area contributed by atoms with Crippen LogP contribution < -0.4 is 20.5 Å². The molecule has 0 unspecified atom stereocenters. The summed E-state index contributed by atoms with van der Waals surface area (Å²) in [5.74, 6) is 1.82. The van der Waals surface area contributed by atoms with Crippen molar-refractivity contribution in [3.8, 4) is 11.5 Å². The van der Waals surface area contributed by atoms with Crippen molar-refractivity contribution in [2.24, 2.45) is 10.7 Å². The maximum atomic E-state index is 5.91. The average molecular weight is 490 g/mol. The highest BCUT2D eigenvalue weighted by atomic mass is 127. The number of guanidine groups is 1. The number of rotatable bonds is 8. The number of nitrogens with one attached hydrogen (secondary N) is 1. The lowest BCUT2D eigenvalue weighted by Gasteiger charge is -2.09. The molecule has 142 valence electrons. The van der Waals surface area contributed by atoms with Gasteiger partial charge in [-0.05, 0) is 48.2 Å². The summed E-state index contributed by atoms with van der Waals surface area (Å²) in [6, 6.07) is 13.6. The predicted molar refractivity (Wildman–Crippen MR) is 118 cm³/mol. The Hall–Kier alpha value is -1.67. The van der Waals surface area contributed by atoms with Gasteiger partial charge >= 0.3 is 0 Å². The maximum Gasteiger partial charge on any atom is 0.188 e. The molecule has 7 heteroatoms. The number of methoxy groups -OCH3 is 2. The molecule has 0 saturated heterocycles. The van der Waals surface area contributed by atoms with Crippen molar-refractivity contribution >= 4 is 41.5 Å². The Balaban J connectivity index is 0.00000338. The van der Waals surface area contributed by atoms with Crippen LogP contribution in [0, 0.1) is 0 Å². The van der Waals surface area contributed by atoms with Crippen molar-refractivity contribution in [2.75, 3.05) is 20.8 Å². The van der Waals surface area contributed by atoms with E-state index in [0.717, 1.165) is 30.0 Å². The highest BCUT2D eigenvalue weighted by molar-refractivity contribution is 14.0. The fourth-order valence-corrected chi connectivity index (χ4v) is 2.50. The topological polar surface area (TPSA) is 68.9 Å². The molecule has 0 fully saturated rings. The third kappa shape index (κ3) is 7.29. The van der Waals surface area contributed by atoms with Crippen molar-refractivity contribution in [2.45, 2.75) is 19.4 Å². The minimum absolute atomic E-state index is 0. The molecule has 0 bridgehead atoms. The molecule has 0 heterocycles. The van der Waals surface area contributed by atoms with Crippen LogP contribution in [0.3, 0.4) is 0 Å². The van der Waals surface area contributed by atoms with Gasteiger partial charge in [-0.25, -0.2) is 4.99 Å². The summed E-state index contributed by atoms with van der Waals surface area (Å²) in [5.41, 5.74) is 8.17. The molecule has 0 saturated carbocycles. The molecule has 5 nitrogen and oxygen atoms in total. The summed E-state index contributed by atoms with van der Waals surface area (Å²) in [5, 5.41) is 3.89. The van der Waals surface area contributed by atoms with Crippen LogP contribution in [0.2, 0.25) is 5.02 Å². The molecular weight excluding hydrogens is 465 g/mol. The number of ether oxygens (including phenoxy) is 2. The molecule has 0 aliphatic carbocycles. The van der Waals surface area contributed by atoms with Gasteiger partial charge in [0.05, 0.1) is 20.8 Å². The van der Waals surface area contributed by atoms with Crippen LogP contribution in [0.4, 0.5) is 0 Å². The van der Waals surface area contributed by atoms with Crippen molar-refractivity contribution < 1.29 is 9.47 Å². The Kier molecular flexibility index (Phi) is 10.2. The molecule has 2 aromatic carbocycles. The second-order valence-electron chi connectivity index (χ2n) is 5.55. The first-order valence-electron chi connectivity index (χ1n) is 8.11. The Bertz CT molecular complexity index is 708. The zero-order valence-electron chi connectivity index (χ0n) is 15.0. The van der Waals surface area contributed by atoms with E-state index in [9.17, 15) is 0 Å². The molecule has 0 atom stereocenters. The van der Waals surface area contributed by atoms with E-state index in [4.69, 9.17) is 26.8 Å². The van der Waals surface area contributed by atoms with E-state index in [-0.39, 0.29) is 24.0 Å². The molecule has 0 aliphatic rings. The summed E-state index contributed by atoms with van der Waals surface area (Å²) < 4.78 is 10.5. The highest BCUT2D eigenvalue weighted by Gasteiger charge is 2.04. The number of aryl methyl sites for hydroxylation is 1.